The molecule has 11 heavy (non-hydrogen) atoms. The standard InChI is InChI=1S/C8H19NOS/c1-4-5-10-8(3,11)6-7(2)9/h7,11H,4-6,9H2,1-3H3. The summed E-state index contributed by atoms with van der Waals surface area (Å²) in [5, 5.41) is 0. The first-order valence-electron chi connectivity index (χ1n) is 4.10. The van der Waals surface area contributed by atoms with Gasteiger partial charge in [0, 0.05) is 19.1 Å². The van der Waals surface area contributed by atoms with Gasteiger partial charge in [0.25, 0.3) is 0 Å². The summed E-state index contributed by atoms with van der Waals surface area (Å²) in [6.07, 6.45) is 1.81. The van der Waals surface area contributed by atoms with E-state index in [2.05, 4.69) is 19.6 Å². The van der Waals surface area contributed by atoms with Crippen molar-refractivity contribution >= 4 is 12.6 Å². The molecule has 0 radical (unpaired) electrons. The Morgan fingerprint density at radius 1 is 1.64 bits per heavy atom. The molecule has 0 amide bonds. The van der Waals surface area contributed by atoms with Gasteiger partial charge in [-0.25, -0.2) is 0 Å². The fourth-order valence-corrected chi connectivity index (χ4v) is 1.36. The Bertz CT molecular complexity index is 104. The molecule has 0 aromatic carbocycles. The summed E-state index contributed by atoms with van der Waals surface area (Å²) in [6.45, 7) is 6.75. The van der Waals surface area contributed by atoms with Gasteiger partial charge in [-0.3, -0.25) is 0 Å². The number of hydrogen-bond acceptors (Lipinski definition) is 3. The Kier molecular flexibility index (Phi) is 5.13. The van der Waals surface area contributed by atoms with Gasteiger partial charge in [-0.05, 0) is 20.3 Å². The molecule has 0 heterocycles. The van der Waals surface area contributed by atoms with Crippen LogP contribution in [-0.4, -0.2) is 17.6 Å². The van der Waals surface area contributed by atoms with Crippen LogP contribution < -0.4 is 5.73 Å². The number of thiol groups is 1. The normalized spacial score (nSPS) is 19.4. The van der Waals surface area contributed by atoms with E-state index in [1.807, 2.05) is 13.8 Å². The molecule has 2 unspecified atom stereocenters. The molecule has 0 aliphatic rings. The highest BCUT2D eigenvalue weighted by Crippen LogP contribution is 2.21. The van der Waals surface area contributed by atoms with Crippen LogP contribution in [0.5, 0.6) is 0 Å². The van der Waals surface area contributed by atoms with Gasteiger partial charge in [-0.2, -0.15) is 0 Å². The molecular formula is C8H19NOS. The lowest BCUT2D eigenvalue weighted by Crippen LogP contribution is -2.30. The number of rotatable bonds is 5. The highest BCUT2D eigenvalue weighted by atomic mass is 32.1. The maximum atomic E-state index is 5.62. The van der Waals surface area contributed by atoms with Crippen LogP contribution in [0.2, 0.25) is 0 Å². The largest absolute Gasteiger partial charge is 0.365 e. The zero-order valence-corrected chi connectivity index (χ0v) is 8.53. The van der Waals surface area contributed by atoms with E-state index in [0.29, 0.717) is 0 Å². The second kappa shape index (κ2) is 5.01. The Hall–Kier alpha value is 0.270. The van der Waals surface area contributed by atoms with E-state index < -0.39 is 0 Å². The van der Waals surface area contributed by atoms with Crippen molar-refractivity contribution in [3.05, 3.63) is 0 Å². The molecule has 0 bridgehead atoms. The predicted molar refractivity (Wildman–Crippen MR) is 51.9 cm³/mol. The van der Waals surface area contributed by atoms with Gasteiger partial charge in [-0.15, -0.1) is 12.6 Å². The lowest BCUT2D eigenvalue weighted by molar-refractivity contribution is 0.0317. The molecule has 0 aromatic rings. The van der Waals surface area contributed by atoms with E-state index in [4.69, 9.17) is 10.5 Å². The van der Waals surface area contributed by atoms with E-state index in [1.54, 1.807) is 0 Å². The van der Waals surface area contributed by atoms with Crippen LogP contribution in [0.1, 0.15) is 33.6 Å². The first kappa shape index (κ1) is 11.3. The number of ether oxygens (including phenoxy) is 1. The molecule has 0 aliphatic heterocycles. The van der Waals surface area contributed by atoms with Crippen molar-refractivity contribution < 1.29 is 4.74 Å². The SMILES string of the molecule is CCCOC(C)(S)CC(C)N. The summed E-state index contributed by atoms with van der Waals surface area (Å²) < 4.78 is 5.47. The molecule has 3 heteroatoms. The number of nitrogens with two attached hydrogens (primary N) is 1. The second-order valence-electron chi connectivity index (χ2n) is 3.20. The van der Waals surface area contributed by atoms with Gasteiger partial charge in [-0.1, -0.05) is 6.92 Å². The average Bonchev–Trinajstić information content (AvgIpc) is 1.81. The van der Waals surface area contributed by atoms with Crippen LogP contribution >= 0.6 is 12.6 Å². The first-order valence-corrected chi connectivity index (χ1v) is 4.54. The minimum absolute atomic E-state index is 0.148. The molecule has 0 aliphatic carbocycles. The molecule has 2 atom stereocenters. The van der Waals surface area contributed by atoms with Gasteiger partial charge >= 0.3 is 0 Å². The average molecular weight is 177 g/mol. The molecule has 0 spiro atoms. The zero-order chi connectivity index (χ0) is 8.91. The van der Waals surface area contributed by atoms with Gasteiger partial charge < -0.3 is 10.5 Å². The molecular weight excluding hydrogens is 158 g/mol. The predicted octanol–water partition coefficient (Wildman–Crippen LogP) is 1.80. The highest BCUT2D eigenvalue weighted by molar-refractivity contribution is 7.81. The third-order valence-corrected chi connectivity index (χ3v) is 1.63. The molecule has 2 N–H and O–H groups in total. The zero-order valence-electron chi connectivity index (χ0n) is 7.63. The Labute approximate surface area is 74.9 Å². The van der Waals surface area contributed by atoms with Gasteiger partial charge in [0.2, 0.25) is 0 Å². The second-order valence-corrected chi connectivity index (χ2v) is 4.15. The van der Waals surface area contributed by atoms with Crippen molar-refractivity contribution in [2.45, 2.75) is 44.6 Å². The van der Waals surface area contributed by atoms with Crippen LogP contribution in [0.3, 0.4) is 0 Å². The molecule has 0 aromatic heterocycles. The lowest BCUT2D eigenvalue weighted by Gasteiger charge is -2.25. The van der Waals surface area contributed by atoms with Crippen molar-refractivity contribution in [1.82, 2.24) is 0 Å². The fourth-order valence-electron chi connectivity index (χ4n) is 0.978. The Morgan fingerprint density at radius 3 is 2.55 bits per heavy atom. The third kappa shape index (κ3) is 6.66. The lowest BCUT2D eigenvalue weighted by atomic mass is 10.1. The van der Waals surface area contributed by atoms with Crippen molar-refractivity contribution in [3.63, 3.8) is 0 Å². The van der Waals surface area contributed by atoms with E-state index in [9.17, 15) is 0 Å². The van der Waals surface area contributed by atoms with Gasteiger partial charge in [0.15, 0.2) is 0 Å². The summed E-state index contributed by atoms with van der Waals surface area (Å²) in [5.74, 6) is 0. The van der Waals surface area contributed by atoms with Crippen LogP contribution in [-0.2, 0) is 4.74 Å². The number of hydrogen-bond donors (Lipinski definition) is 2. The van der Waals surface area contributed by atoms with E-state index >= 15 is 0 Å². The van der Waals surface area contributed by atoms with Gasteiger partial charge in [0.05, 0.1) is 0 Å². The molecule has 0 saturated heterocycles. The topological polar surface area (TPSA) is 35.2 Å². The minimum atomic E-state index is -0.357. The molecule has 0 saturated carbocycles. The Morgan fingerprint density at radius 2 is 2.18 bits per heavy atom. The summed E-state index contributed by atoms with van der Waals surface area (Å²) in [6, 6.07) is 0.148. The molecule has 0 rings (SSSR count). The maximum Gasteiger partial charge on any atom is 0.109 e. The van der Waals surface area contributed by atoms with E-state index in [-0.39, 0.29) is 11.0 Å². The molecule has 0 fully saturated rings. The van der Waals surface area contributed by atoms with E-state index in [1.165, 1.54) is 0 Å². The molecule has 2 nitrogen and oxygen atoms in total. The van der Waals surface area contributed by atoms with Crippen molar-refractivity contribution in [1.29, 1.82) is 0 Å². The van der Waals surface area contributed by atoms with Crippen LogP contribution in [0.15, 0.2) is 0 Å². The van der Waals surface area contributed by atoms with Crippen LogP contribution in [0.4, 0.5) is 0 Å². The first-order chi connectivity index (χ1) is 4.98. The quantitative estimate of drug-likeness (QED) is 0.496. The Balaban J connectivity index is 3.61. The monoisotopic (exact) mass is 177 g/mol. The van der Waals surface area contributed by atoms with Gasteiger partial charge in [0.1, 0.15) is 4.93 Å². The molecule has 68 valence electrons. The van der Waals surface area contributed by atoms with E-state index in [0.717, 1.165) is 19.4 Å². The maximum absolute atomic E-state index is 5.62. The van der Waals surface area contributed by atoms with Crippen LogP contribution in [0.25, 0.3) is 0 Å². The summed E-state index contributed by atoms with van der Waals surface area (Å²) in [7, 11) is 0. The third-order valence-electron chi connectivity index (χ3n) is 1.32. The van der Waals surface area contributed by atoms with Crippen molar-refractivity contribution in [3.8, 4) is 0 Å². The fraction of sp³-hybridized carbons (Fsp3) is 1.00. The smallest absolute Gasteiger partial charge is 0.109 e. The highest BCUT2D eigenvalue weighted by Gasteiger charge is 2.20. The van der Waals surface area contributed by atoms with Crippen molar-refractivity contribution in [2.24, 2.45) is 5.73 Å². The summed E-state index contributed by atoms with van der Waals surface area (Å²) in [5.41, 5.74) is 5.62. The summed E-state index contributed by atoms with van der Waals surface area (Å²) >= 11 is 4.36. The summed E-state index contributed by atoms with van der Waals surface area (Å²) in [4.78, 5) is -0.357. The van der Waals surface area contributed by atoms with Crippen LogP contribution in [0, 0.1) is 0 Å². The minimum Gasteiger partial charge on any atom is -0.365 e. The van der Waals surface area contributed by atoms with Crippen molar-refractivity contribution in [2.75, 3.05) is 6.61 Å².